The molecule has 0 radical (unpaired) electrons. The van der Waals surface area contributed by atoms with Gasteiger partial charge in [-0.2, -0.15) is 0 Å². The number of hydrogen-bond donors (Lipinski definition) is 2. The van der Waals surface area contributed by atoms with Crippen LogP contribution in [0, 0.1) is 0 Å². The SMILES string of the molecule is CNc1cc(S(=O)(=O)Nc2ccccc2COC)ccn1. The van der Waals surface area contributed by atoms with Crippen molar-refractivity contribution < 1.29 is 13.2 Å². The lowest BCUT2D eigenvalue weighted by Crippen LogP contribution is -2.14. The van der Waals surface area contributed by atoms with Crippen LogP contribution in [0.3, 0.4) is 0 Å². The molecule has 2 aromatic rings. The van der Waals surface area contributed by atoms with Crippen LogP contribution in [0.15, 0.2) is 47.5 Å². The number of rotatable bonds is 6. The summed E-state index contributed by atoms with van der Waals surface area (Å²) < 4.78 is 32.5. The van der Waals surface area contributed by atoms with Gasteiger partial charge in [-0.1, -0.05) is 18.2 Å². The molecule has 0 unspecified atom stereocenters. The maximum atomic E-state index is 12.4. The van der Waals surface area contributed by atoms with E-state index < -0.39 is 10.0 Å². The first-order valence-electron chi connectivity index (χ1n) is 6.30. The molecular formula is C14H17N3O3S. The Kier molecular flexibility index (Phi) is 4.77. The molecule has 1 heterocycles. The lowest BCUT2D eigenvalue weighted by Gasteiger charge is -2.12. The molecule has 1 aromatic carbocycles. The summed E-state index contributed by atoms with van der Waals surface area (Å²) in [6, 6.07) is 10.0. The number of nitrogens with one attached hydrogen (secondary N) is 2. The standard InChI is InChI=1S/C14H17N3O3S/c1-15-14-9-12(7-8-16-14)21(18,19)17-13-6-4-3-5-11(13)10-20-2/h3-9,17H,10H2,1-2H3,(H,15,16). The summed E-state index contributed by atoms with van der Waals surface area (Å²) >= 11 is 0. The predicted octanol–water partition coefficient (Wildman–Crippen LogP) is 2.07. The molecule has 0 atom stereocenters. The van der Waals surface area contributed by atoms with Gasteiger partial charge in [0.2, 0.25) is 0 Å². The fourth-order valence-electron chi connectivity index (χ4n) is 1.82. The van der Waals surface area contributed by atoms with Gasteiger partial charge in [0, 0.05) is 32.0 Å². The molecular weight excluding hydrogens is 290 g/mol. The third-order valence-corrected chi connectivity index (χ3v) is 4.22. The molecule has 2 rings (SSSR count). The largest absolute Gasteiger partial charge is 0.380 e. The van der Waals surface area contributed by atoms with E-state index in [0.29, 0.717) is 18.1 Å². The van der Waals surface area contributed by atoms with Gasteiger partial charge in [-0.05, 0) is 12.1 Å². The van der Waals surface area contributed by atoms with Crippen LogP contribution in [0.5, 0.6) is 0 Å². The van der Waals surface area contributed by atoms with Crippen molar-refractivity contribution >= 4 is 21.5 Å². The lowest BCUT2D eigenvalue weighted by atomic mass is 10.2. The Labute approximate surface area is 124 Å². The number of nitrogens with zero attached hydrogens (tertiary/aromatic N) is 1. The normalized spacial score (nSPS) is 11.1. The number of anilines is 2. The fraction of sp³-hybridized carbons (Fsp3) is 0.214. The van der Waals surface area contributed by atoms with Gasteiger partial charge in [0.15, 0.2) is 0 Å². The van der Waals surface area contributed by atoms with Gasteiger partial charge in [0.25, 0.3) is 10.0 Å². The molecule has 0 saturated carbocycles. The number of ether oxygens (including phenoxy) is 1. The van der Waals surface area contributed by atoms with Crippen molar-refractivity contribution in [2.45, 2.75) is 11.5 Å². The molecule has 0 aliphatic heterocycles. The lowest BCUT2D eigenvalue weighted by molar-refractivity contribution is 0.185. The van der Waals surface area contributed by atoms with E-state index in [0.717, 1.165) is 5.56 Å². The highest BCUT2D eigenvalue weighted by molar-refractivity contribution is 7.92. The van der Waals surface area contributed by atoms with Crippen molar-refractivity contribution in [2.75, 3.05) is 24.2 Å². The summed E-state index contributed by atoms with van der Waals surface area (Å²) in [4.78, 5) is 4.15. The number of sulfonamides is 1. The van der Waals surface area contributed by atoms with Gasteiger partial charge < -0.3 is 10.1 Å². The number of para-hydroxylation sites is 1. The van der Waals surface area contributed by atoms with Crippen LogP contribution in [0.2, 0.25) is 0 Å². The Balaban J connectivity index is 2.33. The summed E-state index contributed by atoms with van der Waals surface area (Å²) in [5.41, 5.74) is 1.27. The zero-order chi connectivity index (χ0) is 15.3. The van der Waals surface area contributed by atoms with Crippen LogP contribution in [-0.2, 0) is 21.4 Å². The second-order valence-corrected chi connectivity index (χ2v) is 6.00. The Hall–Kier alpha value is -2.12. The van der Waals surface area contributed by atoms with Gasteiger partial charge in [0.05, 0.1) is 17.2 Å². The number of hydrogen-bond acceptors (Lipinski definition) is 5. The maximum absolute atomic E-state index is 12.4. The second-order valence-electron chi connectivity index (χ2n) is 4.32. The van der Waals surface area contributed by atoms with Crippen molar-refractivity contribution in [1.29, 1.82) is 0 Å². The highest BCUT2D eigenvalue weighted by atomic mass is 32.2. The molecule has 21 heavy (non-hydrogen) atoms. The second kappa shape index (κ2) is 6.55. The minimum absolute atomic E-state index is 0.147. The molecule has 6 nitrogen and oxygen atoms in total. The first-order valence-corrected chi connectivity index (χ1v) is 7.78. The number of methoxy groups -OCH3 is 1. The van der Waals surface area contributed by atoms with Crippen molar-refractivity contribution in [3.63, 3.8) is 0 Å². The highest BCUT2D eigenvalue weighted by Crippen LogP contribution is 2.21. The first-order chi connectivity index (χ1) is 10.1. The van der Waals surface area contributed by atoms with Gasteiger partial charge >= 0.3 is 0 Å². The van der Waals surface area contributed by atoms with Crippen LogP contribution in [0.4, 0.5) is 11.5 Å². The zero-order valence-electron chi connectivity index (χ0n) is 11.8. The quantitative estimate of drug-likeness (QED) is 0.854. The van der Waals surface area contributed by atoms with Crippen LogP contribution in [0.1, 0.15) is 5.56 Å². The van der Waals surface area contributed by atoms with Gasteiger partial charge in [-0.15, -0.1) is 0 Å². The highest BCUT2D eigenvalue weighted by Gasteiger charge is 2.16. The summed E-state index contributed by atoms with van der Waals surface area (Å²) in [6.07, 6.45) is 1.45. The molecule has 0 amide bonds. The first kappa shape index (κ1) is 15.3. The molecule has 7 heteroatoms. The van der Waals surface area contributed by atoms with Crippen molar-refractivity contribution in [3.8, 4) is 0 Å². The van der Waals surface area contributed by atoms with E-state index in [2.05, 4.69) is 15.0 Å². The topological polar surface area (TPSA) is 80.3 Å². The third kappa shape index (κ3) is 3.71. The molecule has 0 fully saturated rings. The summed E-state index contributed by atoms with van der Waals surface area (Å²) in [7, 11) is -0.429. The Morgan fingerprint density at radius 1 is 1.24 bits per heavy atom. The predicted molar refractivity (Wildman–Crippen MR) is 81.7 cm³/mol. The molecule has 0 saturated heterocycles. The van der Waals surface area contributed by atoms with E-state index in [-0.39, 0.29) is 4.90 Å². The van der Waals surface area contributed by atoms with E-state index in [1.807, 2.05) is 12.1 Å². The minimum Gasteiger partial charge on any atom is -0.380 e. The average Bonchev–Trinajstić information content (AvgIpc) is 2.49. The van der Waals surface area contributed by atoms with Gasteiger partial charge in [-0.3, -0.25) is 4.72 Å². The summed E-state index contributed by atoms with van der Waals surface area (Å²) in [6.45, 7) is 0.330. The maximum Gasteiger partial charge on any atom is 0.262 e. The van der Waals surface area contributed by atoms with Crippen molar-refractivity contribution in [1.82, 2.24) is 4.98 Å². The van der Waals surface area contributed by atoms with Crippen LogP contribution >= 0.6 is 0 Å². The molecule has 0 bridgehead atoms. The van der Waals surface area contributed by atoms with Gasteiger partial charge in [-0.25, -0.2) is 13.4 Å². The summed E-state index contributed by atoms with van der Waals surface area (Å²) in [5.74, 6) is 0.489. The Morgan fingerprint density at radius 2 is 2.00 bits per heavy atom. The molecule has 0 spiro atoms. The molecule has 112 valence electrons. The zero-order valence-corrected chi connectivity index (χ0v) is 12.6. The monoisotopic (exact) mass is 307 g/mol. The smallest absolute Gasteiger partial charge is 0.262 e. The van der Waals surface area contributed by atoms with Crippen LogP contribution < -0.4 is 10.0 Å². The van der Waals surface area contributed by atoms with Gasteiger partial charge in [0.1, 0.15) is 5.82 Å². The number of aromatic nitrogens is 1. The van der Waals surface area contributed by atoms with Crippen LogP contribution in [-0.4, -0.2) is 27.6 Å². The van der Waals surface area contributed by atoms with E-state index in [1.165, 1.54) is 18.3 Å². The number of pyridine rings is 1. The molecule has 1 aromatic heterocycles. The van der Waals surface area contributed by atoms with Crippen molar-refractivity contribution in [2.24, 2.45) is 0 Å². The third-order valence-electron chi connectivity index (χ3n) is 2.86. The average molecular weight is 307 g/mol. The fourth-order valence-corrected chi connectivity index (χ4v) is 2.93. The van der Waals surface area contributed by atoms with Crippen molar-refractivity contribution in [3.05, 3.63) is 48.2 Å². The Bertz CT molecular complexity index is 717. The van der Waals surface area contributed by atoms with E-state index in [9.17, 15) is 8.42 Å². The van der Waals surface area contributed by atoms with Crippen LogP contribution in [0.25, 0.3) is 0 Å². The molecule has 0 aliphatic rings. The van der Waals surface area contributed by atoms with E-state index in [4.69, 9.17) is 4.74 Å². The molecule has 2 N–H and O–H groups in total. The van der Waals surface area contributed by atoms with E-state index in [1.54, 1.807) is 26.3 Å². The van der Waals surface area contributed by atoms with E-state index >= 15 is 0 Å². The number of benzene rings is 1. The Morgan fingerprint density at radius 3 is 2.71 bits per heavy atom. The summed E-state index contributed by atoms with van der Waals surface area (Å²) in [5, 5.41) is 2.81. The molecule has 0 aliphatic carbocycles. The minimum atomic E-state index is -3.67.